The minimum absolute atomic E-state index is 0.132. The molecule has 0 saturated carbocycles. The lowest BCUT2D eigenvalue weighted by Crippen LogP contribution is -2.12. The van der Waals surface area contributed by atoms with Gasteiger partial charge >= 0.3 is 0 Å². The van der Waals surface area contributed by atoms with Crippen LogP contribution in [0.4, 0.5) is 0 Å². The molecule has 0 spiro atoms. The van der Waals surface area contributed by atoms with Crippen molar-refractivity contribution in [2.45, 2.75) is 12.8 Å². The standard InChI is InChI=1S/C16H17ClO2/c17-15-3-1-2-13(10-15)9-14(11-18)8-12-4-6-16(19)7-5-12/h1-7,10,14,18-19H,8-9,11H2. The Labute approximate surface area is 118 Å². The second-order valence-electron chi connectivity index (χ2n) is 4.75. The molecule has 0 fully saturated rings. The van der Waals surface area contributed by atoms with Crippen molar-refractivity contribution in [3.63, 3.8) is 0 Å². The van der Waals surface area contributed by atoms with Crippen molar-refractivity contribution in [2.24, 2.45) is 5.92 Å². The highest BCUT2D eigenvalue weighted by molar-refractivity contribution is 6.30. The molecule has 19 heavy (non-hydrogen) atoms. The summed E-state index contributed by atoms with van der Waals surface area (Å²) in [5.74, 6) is 0.419. The summed E-state index contributed by atoms with van der Waals surface area (Å²) < 4.78 is 0. The van der Waals surface area contributed by atoms with Crippen molar-refractivity contribution in [1.82, 2.24) is 0 Å². The summed E-state index contributed by atoms with van der Waals surface area (Å²) in [5, 5.41) is 19.5. The summed E-state index contributed by atoms with van der Waals surface area (Å²) in [6.45, 7) is 0.132. The monoisotopic (exact) mass is 276 g/mol. The van der Waals surface area contributed by atoms with E-state index < -0.39 is 0 Å². The average molecular weight is 277 g/mol. The summed E-state index contributed by atoms with van der Waals surface area (Å²) in [5.41, 5.74) is 2.24. The van der Waals surface area contributed by atoms with E-state index in [4.69, 9.17) is 11.6 Å². The molecule has 0 bridgehead atoms. The van der Waals surface area contributed by atoms with Crippen LogP contribution in [0.15, 0.2) is 48.5 Å². The zero-order valence-corrected chi connectivity index (χ0v) is 11.3. The van der Waals surface area contributed by atoms with Crippen LogP contribution in [-0.4, -0.2) is 16.8 Å². The van der Waals surface area contributed by atoms with Gasteiger partial charge in [0.25, 0.3) is 0 Å². The lowest BCUT2D eigenvalue weighted by molar-refractivity contribution is 0.225. The third-order valence-corrected chi connectivity index (χ3v) is 3.37. The van der Waals surface area contributed by atoms with Gasteiger partial charge in [-0.25, -0.2) is 0 Å². The van der Waals surface area contributed by atoms with E-state index in [1.165, 1.54) is 0 Å². The van der Waals surface area contributed by atoms with Crippen LogP contribution in [0.5, 0.6) is 5.75 Å². The van der Waals surface area contributed by atoms with Gasteiger partial charge in [0.15, 0.2) is 0 Å². The Morgan fingerprint density at radius 1 is 0.947 bits per heavy atom. The predicted molar refractivity (Wildman–Crippen MR) is 77.5 cm³/mol. The number of rotatable bonds is 5. The van der Waals surface area contributed by atoms with Crippen LogP contribution < -0.4 is 0 Å². The molecule has 0 amide bonds. The van der Waals surface area contributed by atoms with Crippen LogP contribution >= 0.6 is 11.6 Å². The van der Waals surface area contributed by atoms with Gasteiger partial charge in [0.05, 0.1) is 0 Å². The molecule has 2 N–H and O–H groups in total. The minimum Gasteiger partial charge on any atom is -0.508 e. The molecule has 100 valence electrons. The van der Waals surface area contributed by atoms with E-state index in [9.17, 15) is 10.2 Å². The Morgan fingerprint density at radius 2 is 1.63 bits per heavy atom. The highest BCUT2D eigenvalue weighted by Gasteiger charge is 2.10. The Morgan fingerprint density at radius 3 is 2.26 bits per heavy atom. The Kier molecular flexibility index (Phi) is 4.83. The molecule has 0 aliphatic rings. The summed E-state index contributed by atoms with van der Waals surface area (Å²) in [7, 11) is 0. The second kappa shape index (κ2) is 6.60. The molecule has 0 aliphatic carbocycles. The van der Waals surface area contributed by atoms with Gasteiger partial charge in [-0.3, -0.25) is 0 Å². The highest BCUT2D eigenvalue weighted by Crippen LogP contribution is 2.19. The quantitative estimate of drug-likeness (QED) is 0.878. The maximum atomic E-state index is 9.49. The largest absolute Gasteiger partial charge is 0.508 e. The van der Waals surface area contributed by atoms with Crippen LogP contribution in [0.25, 0.3) is 0 Å². The van der Waals surface area contributed by atoms with E-state index in [0.29, 0.717) is 0 Å². The average Bonchev–Trinajstić information content (AvgIpc) is 2.40. The van der Waals surface area contributed by atoms with Crippen LogP contribution in [0.2, 0.25) is 5.02 Å². The van der Waals surface area contributed by atoms with Gasteiger partial charge in [0, 0.05) is 11.6 Å². The Balaban J connectivity index is 2.02. The van der Waals surface area contributed by atoms with E-state index >= 15 is 0 Å². The summed E-state index contributed by atoms with van der Waals surface area (Å²) in [6.07, 6.45) is 1.57. The van der Waals surface area contributed by atoms with Gasteiger partial charge in [0.1, 0.15) is 5.75 Å². The fraction of sp³-hybridized carbons (Fsp3) is 0.250. The Hall–Kier alpha value is -1.51. The van der Waals surface area contributed by atoms with Crippen molar-refractivity contribution in [1.29, 1.82) is 0 Å². The van der Waals surface area contributed by atoms with Crippen LogP contribution in [-0.2, 0) is 12.8 Å². The fourth-order valence-corrected chi connectivity index (χ4v) is 2.38. The van der Waals surface area contributed by atoms with E-state index in [-0.39, 0.29) is 18.3 Å². The normalized spacial score (nSPS) is 12.3. The van der Waals surface area contributed by atoms with Gasteiger partial charge < -0.3 is 10.2 Å². The number of phenolic OH excluding ortho intramolecular Hbond substituents is 1. The lowest BCUT2D eigenvalue weighted by Gasteiger charge is -2.14. The maximum Gasteiger partial charge on any atom is 0.115 e. The first-order valence-electron chi connectivity index (χ1n) is 6.30. The SMILES string of the molecule is OCC(Cc1ccc(O)cc1)Cc1cccc(Cl)c1. The topological polar surface area (TPSA) is 40.5 Å². The predicted octanol–water partition coefficient (Wildman–Crippen LogP) is 3.44. The van der Waals surface area contributed by atoms with Crippen LogP contribution in [0.1, 0.15) is 11.1 Å². The van der Waals surface area contributed by atoms with E-state index in [2.05, 4.69) is 0 Å². The van der Waals surface area contributed by atoms with Crippen LogP contribution in [0.3, 0.4) is 0 Å². The number of halogens is 1. The number of aliphatic hydroxyl groups is 1. The fourth-order valence-electron chi connectivity index (χ4n) is 2.16. The highest BCUT2D eigenvalue weighted by atomic mass is 35.5. The number of aromatic hydroxyl groups is 1. The first-order chi connectivity index (χ1) is 9.17. The van der Waals surface area contributed by atoms with E-state index in [1.54, 1.807) is 12.1 Å². The van der Waals surface area contributed by atoms with Crippen molar-refractivity contribution in [2.75, 3.05) is 6.61 Å². The molecule has 2 rings (SSSR count). The van der Waals surface area contributed by atoms with Gasteiger partial charge in [-0.1, -0.05) is 35.9 Å². The molecule has 1 unspecified atom stereocenters. The maximum absolute atomic E-state index is 9.49. The minimum atomic E-state index is 0.132. The zero-order chi connectivity index (χ0) is 13.7. The number of phenols is 1. The van der Waals surface area contributed by atoms with Gasteiger partial charge in [0.2, 0.25) is 0 Å². The molecule has 0 heterocycles. The third kappa shape index (κ3) is 4.27. The van der Waals surface area contributed by atoms with Gasteiger partial charge in [-0.2, -0.15) is 0 Å². The number of aliphatic hydroxyl groups excluding tert-OH is 1. The van der Waals surface area contributed by atoms with Crippen LogP contribution in [0, 0.1) is 5.92 Å². The summed E-state index contributed by atoms with van der Waals surface area (Å²) in [6, 6.07) is 14.8. The summed E-state index contributed by atoms with van der Waals surface area (Å²) >= 11 is 5.96. The number of hydrogen-bond donors (Lipinski definition) is 2. The molecule has 0 aromatic heterocycles. The second-order valence-corrected chi connectivity index (χ2v) is 5.19. The third-order valence-electron chi connectivity index (χ3n) is 3.13. The molecule has 2 nitrogen and oxygen atoms in total. The van der Waals surface area contributed by atoms with Gasteiger partial charge in [-0.15, -0.1) is 0 Å². The number of hydrogen-bond acceptors (Lipinski definition) is 2. The zero-order valence-electron chi connectivity index (χ0n) is 10.6. The lowest BCUT2D eigenvalue weighted by atomic mass is 9.93. The smallest absolute Gasteiger partial charge is 0.115 e. The molecule has 3 heteroatoms. The molecular formula is C16H17ClO2. The van der Waals surface area contributed by atoms with Crippen molar-refractivity contribution in [3.8, 4) is 5.75 Å². The van der Waals surface area contributed by atoms with Crippen molar-refractivity contribution < 1.29 is 10.2 Å². The number of benzene rings is 2. The Bertz CT molecular complexity index is 523. The van der Waals surface area contributed by atoms with Crippen molar-refractivity contribution in [3.05, 3.63) is 64.7 Å². The first-order valence-corrected chi connectivity index (χ1v) is 6.68. The van der Waals surface area contributed by atoms with E-state index in [0.717, 1.165) is 29.0 Å². The molecule has 2 aromatic carbocycles. The molecule has 0 aliphatic heterocycles. The summed E-state index contributed by atoms with van der Waals surface area (Å²) in [4.78, 5) is 0. The van der Waals surface area contributed by atoms with Gasteiger partial charge in [-0.05, 0) is 54.2 Å². The van der Waals surface area contributed by atoms with E-state index in [1.807, 2.05) is 36.4 Å². The molecule has 2 aromatic rings. The molecule has 0 radical (unpaired) electrons. The molecular weight excluding hydrogens is 260 g/mol. The molecule has 0 saturated heterocycles. The first kappa shape index (κ1) is 13.9. The van der Waals surface area contributed by atoms with Crippen molar-refractivity contribution >= 4 is 11.6 Å². The molecule has 1 atom stereocenters.